The summed E-state index contributed by atoms with van der Waals surface area (Å²) in [6.45, 7) is 0.973. The summed E-state index contributed by atoms with van der Waals surface area (Å²) in [6.07, 6.45) is 0.242. The first-order chi connectivity index (χ1) is 14.2. The first-order valence-corrected chi connectivity index (χ1v) is 9.71. The normalized spacial score (nSPS) is 16.6. The minimum Gasteiger partial charge on any atom is -0.456 e. The number of hydrogen-bond donors (Lipinski definition) is 1. The van der Waals surface area contributed by atoms with E-state index in [9.17, 15) is 9.59 Å². The van der Waals surface area contributed by atoms with Gasteiger partial charge >= 0.3 is 0 Å². The summed E-state index contributed by atoms with van der Waals surface area (Å²) in [7, 11) is 0. The molecule has 0 aliphatic carbocycles. The average Bonchev–Trinajstić information content (AvgIpc) is 3.29. The predicted molar refractivity (Wildman–Crippen MR) is 112 cm³/mol. The Balaban J connectivity index is 1.30. The van der Waals surface area contributed by atoms with Gasteiger partial charge in [0.05, 0.1) is 5.92 Å². The maximum Gasteiger partial charge on any atom is 0.229 e. The highest BCUT2D eigenvalue weighted by molar-refractivity contribution is 6.06. The SMILES string of the molecule is O=C(Nc1ccc2c(c1)oc1ccccc12)[C@@H]1CC(=O)N(Cc2ccccc2)C1. The molecule has 0 saturated carbocycles. The third-order valence-corrected chi connectivity index (χ3v) is 5.45. The highest BCUT2D eigenvalue weighted by Crippen LogP contribution is 2.31. The van der Waals surface area contributed by atoms with Gasteiger partial charge in [-0.1, -0.05) is 48.5 Å². The van der Waals surface area contributed by atoms with Crippen molar-refractivity contribution < 1.29 is 14.0 Å². The summed E-state index contributed by atoms with van der Waals surface area (Å²) < 4.78 is 5.89. The molecule has 1 N–H and O–H groups in total. The lowest BCUT2D eigenvalue weighted by molar-refractivity contribution is -0.128. The van der Waals surface area contributed by atoms with Crippen LogP contribution in [0.3, 0.4) is 0 Å². The number of furan rings is 1. The fourth-order valence-electron chi connectivity index (χ4n) is 3.95. The molecule has 1 aliphatic rings. The molecule has 4 aromatic rings. The lowest BCUT2D eigenvalue weighted by Gasteiger charge is -2.16. The van der Waals surface area contributed by atoms with Gasteiger partial charge < -0.3 is 14.6 Å². The topological polar surface area (TPSA) is 62.6 Å². The van der Waals surface area contributed by atoms with Gasteiger partial charge in [0.1, 0.15) is 11.2 Å². The highest BCUT2D eigenvalue weighted by Gasteiger charge is 2.34. The van der Waals surface area contributed by atoms with Crippen molar-refractivity contribution in [3.63, 3.8) is 0 Å². The van der Waals surface area contributed by atoms with Crippen LogP contribution >= 0.6 is 0 Å². The van der Waals surface area contributed by atoms with Crippen molar-refractivity contribution in [1.29, 1.82) is 0 Å². The molecule has 5 rings (SSSR count). The van der Waals surface area contributed by atoms with Crippen LogP contribution in [0.15, 0.2) is 77.2 Å². The number of benzene rings is 3. The maximum atomic E-state index is 12.7. The summed E-state index contributed by atoms with van der Waals surface area (Å²) in [6, 6.07) is 23.4. The molecule has 0 unspecified atom stereocenters. The Morgan fingerprint density at radius 1 is 0.966 bits per heavy atom. The van der Waals surface area contributed by atoms with Crippen molar-refractivity contribution in [3.05, 3.63) is 78.4 Å². The highest BCUT2D eigenvalue weighted by atomic mass is 16.3. The summed E-state index contributed by atoms with van der Waals surface area (Å²) in [4.78, 5) is 26.8. The van der Waals surface area contributed by atoms with Gasteiger partial charge in [-0.15, -0.1) is 0 Å². The van der Waals surface area contributed by atoms with Gasteiger partial charge in [-0.2, -0.15) is 0 Å². The number of hydrogen-bond acceptors (Lipinski definition) is 3. The van der Waals surface area contributed by atoms with E-state index >= 15 is 0 Å². The van der Waals surface area contributed by atoms with E-state index in [4.69, 9.17) is 4.42 Å². The molecular weight excluding hydrogens is 364 g/mol. The number of anilines is 1. The zero-order valence-corrected chi connectivity index (χ0v) is 15.8. The Hall–Kier alpha value is -3.60. The van der Waals surface area contributed by atoms with E-state index in [2.05, 4.69) is 5.32 Å². The summed E-state index contributed by atoms with van der Waals surface area (Å²) >= 11 is 0. The van der Waals surface area contributed by atoms with Crippen LogP contribution in [-0.2, 0) is 16.1 Å². The third-order valence-electron chi connectivity index (χ3n) is 5.45. The largest absolute Gasteiger partial charge is 0.456 e. The van der Waals surface area contributed by atoms with E-state index in [1.807, 2.05) is 72.8 Å². The predicted octanol–water partition coefficient (Wildman–Crippen LogP) is 4.57. The number of carbonyl (C=O) groups excluding carboxylic acids is 2. The summed E-state index contributed by atoms with van der Waals surface area (Å²) in [5.41, 5.74) is 3.30. The Morgan fingerprint density at radius 2 is 1.72 bits per heavy atom. The molecule has 1 fully saturated rings. The van der Waals surface area contributed by atoms with Crippen LogP contribution in [0.4, 0.5) is 5.69 Å². The van der Waals surface area contributed by atoms with Gasteiger partial charge in [0, 0.05) is 42.0 Å². The van der Waals surface area contributed by atoms with Crippen molar-refractivity contribution in [1.82, 2.24) is 4.90 Å². The van der Waals surface area contributed by atoms with Crippen LogP contribution in [0.1, 0.15) is 12.0 Å². The number of fused-ring (bicyclic) bond motifs is 3. The molecule has 1 atom stereocenters. The van der Waals surface area contributed by atoms with Gasteiger partial charge in [0.15, 0.2) is 0 Å². The number of carbonyl (C=O) groups is 2. The summed E-state index contributed by atoms with van der Waals surface area (Å²) in [5, 5.41) is 5.02. The van der Waals surface area contributed by atoms with E-state index in [-0.39, 0.29) is 24.2 Å². The molecule has 29 heavy (non-hydrogen) atoms. The van der Waals surface area contributed by atoms with E-state index in [1.165, 1.54) is 0 Å². The van der Waals surface area contributed by atoms with Gasteiger partial charge in [-0.3, -0.25) is 9.59 Å². The number of nitrogens with one attached hydrogen (secondary N) is 1. The molecular formula is C24H20N2O3. The van der Waals surface area contributed by atoms with Gasteiger partial charge in [0.25, 0.3) is 0 Å². The van der Waals surface area contributed by atoms with Crippen LogP contribution in [0.2, 0.25) is 0 Å². The molecule has 1 aromatic heterocycles. The van der Waals surface area contributed by atoms with Crippen molar-refractivity contribution in [2.75, 3.05) is 11.9 Å². The van der Waals surface area contributed by atoms with Crippen LogP contribution in [0.25, 0.3) is 21.9 Å². The second-order valence-electron chi connectivity index (χ2n) is 7.46. The van der Waals surface area contributed by atoms with E-state index in [0.717, 1.165) is 27.5 Å². The maximum absolute atomic E-state index is 12.7. The van der Waals surface area contributed by atoms with Crippen LogP contribution in [0, 0.1) is 5.92 Å². The van der Waals surface area contributed by atoms with Gasteiger partial charge in [-0.25, -0.2) is 0 Å². The van der Waals surface area contributed by atoms with Gasteiger partial charge in [0.2, 0.25) is 11.8 Å². The van der Waals surface area contributed by atoms with Crippen LogP contribution in [-0.4, -0.2) is 23.3 Å². The monoisotopic (exact) mass is 384 g/mol. The molecule has 0 spiro atoms. The first kappa shape index (κ1) is 17.5. The van der Waals surface area contributed by atoms with E-state index in [1.54, 1.807) is 4.90 Å². The molecule has 5 nitrogen and oxygen atoms in total. The molecule has 3 aromatic carbocycles. The number of rotatable bonds is 4. The fraction of sp³-hybridized carbons (Fsp3) is 0.167. The van der Waals surface area contributed by atoms with Crippen LogP contribution in [0.5, 0.6) is 0 Å². The van der Waals surface area contributed by atoms with Crippen molar-refractivity contribution in [2.24, 2.45) is 5.92 Å². The second-order valence-corrected chi connectivity index (χ2v) is 7.46. The first-order valence-electron chi connectivity index (χ1n) is 9.71. The smallest absolute Gasteiger partial charge is 0.229 e. The fourth-order valence-corrected chi connectivity index (χ4v) is 3.95. The van der Waals surface area contributed by atoms with Crippen molar-refractivity contribution in [3.8, 4) is 0 Å². The number of para-hydroxylation sites is 1. The lowest BCUT2D eigenvalue weighted by atomic mass is 10.1. The summed E-state index contributed by atoms with van der Waals surface area (Å²) in [5.74, 6) is -0.469. The quantitative estimate of drug-likeness (QED) is 0.560. The van der Waals surface area contributed by atoms with E-state index in [0.29, 0.717) is 18.8 Å². The molecule has 5 heteroatoms. The van der Waals surface area contributed by atoms with E-state index < -0.39 is 0 Å². The molecule has 2 heterocycles. The molecule has 0 bridgehead atoms. The standard InChI is InChI=1S/C24H20N2O3/c27-23-12-17(15-26(23)14-16-6-2-1-3-7-16)24(28)25-18-10-11-20-19-8-4-5-9-21(19)29-22(20)13-18/h1-11,13,17H,12,14-15H2,(H,25,28)/t17-/m1/s1. The minimum atomic E-state index is -0.349. The zero-order valence-electron chi connectivity index (χ0n) is 15.8. The third kappa shape index (κ3) is 3.36. The van der Waals surface area contributed by atoms with Crippen molar-refractivity contribution in [2.45, 2.75) is 13.0 Å². The number of likely N-dealkylation sites (tertiary alicyclic amines) is 1. The zero-order chi connectivity index (χ0) is 19.8. The molecule has 144 valence electrons. The number of nitrogens with zero attached hydrogens (tertiary/aromatic N) is 1. The molecule has 0 radical (unpaired) electrons. The molecule has 1 saturated heterocycles. The average molecular weight is 384 g/mol. The second kappa shape index (κ2) is 7.09. The lowest BCUT2D eigenvalue weighted by Crippen LogP contribution is -2.28. The number of amides is 2. The van der Waals surface area contributed by atoms with Gasteiger partial charge in [-0.05, 0) is 23.8 Å². The Labute approximate surface area is 167 Å². The Kier molecular flexibility index (Phi) is 4.28. The van der Waals surface area contributed by atoms with Crippen molar-refractivity contribution >= 4 is 39.4 Å². The Morgan fingerprint density at radius 3 is 2.59 bits per heavy atom. The molecule has 1 aliphatic heterocycles. The molecule has 2 amide bonds. The minimum absolute atomic E-state index is 0.0155. The Bertz CT molecular complexity index is 1210. The van der Waals surface area contributed by atoms with Crippen LogP contribution < -0.4 is 5.32 Å².